The Hall–Kier alpha value is -3.01. The first kappa shape index (κ1) is 16.5. The molecule has 1 amide bonds. The topological polar surface area (TPSA) is 54.9 Å². The van der Waals surface area contributed by atoms with E-state index in [-0.39, 0.29) is 5.91 Å². The van der Waals surface area contributed by atoms with Gasteiger partial charge in [-0.1, -0.05) is 6.07 Å². The molecule has 130 valence electrons. The van der Waals surface area contributed by atoms with Crippen LogP contribution in [0.2, 0.25) is 0 Å². The molecule has 1 N–H and O–H groups in total. The fraction of sp³-hybridized carbons (Fsp3) is 0.227. The maximum Gasteiger partial charge on any atom is 0.251 e. The van der Waals surface area contributed by atoms with Crippen LogP contribution in [0.4, 0.5) is 0 Å². The van der Waals surface area contributed by atoms with Crippen molar-refractivity contribution >= 4 is 5.91 Å². The van der Waals surface area contributed by atoms with Gasteiger partial charge in [-0.15, -0.1) is 0 Å². The van der Waals surface area contributed by atoms with Crippen LogP contribution in [0.25, 0.3) is 11.3 Å². The van der Waals surface area contributed by atoms with Gasteiger partial charge in [0.15, 0.2) is 0 Å². The first-order valence-corrected chi connectivity index (χ1v) is 9.05. The van der Waals surface area contributed by atoms with E-state index in [0.717, 1.165) is 35.2 Å². The maximum absolute atomic E-state index is 12.5. The van der Waals surface area contributed by atoms with E-state index in [2.05, 4.69) is 27.4 Å². The molecule has 1 aliphatic carbocycles. The van der Waals surface area contributed by atoms with Gasteiger partial charge in [-0.25, -0.2) is 0 Å². The van der Waals surface area contributed by atoms with Gasteiger partial charge >= 0.3 is 0 Å². The summed E-state index contributed by atoms with van der Waals surface area (Å²) in [6.07, 6.45) is 9.97. The zero-order chi connectivity index (χ0) is 17.8. The molecule has 0 fully saturated rings. The predicted molar refractivity (Wildman–Crippen MR) is 102 cm³/mol. The van der Waals surface area contributed by atoms with E-state index in [0.29, 0.717) is 6.54 Å². The molecule has 0 radical (unpaired) electrons. The zero-order valence-corrected chi connectivity index (χ0v) is 14.6. The molecule has 2 heterocycles. The maximum atomic E-state index is 12.5. The number of aromatic nitrogens is 2. The van der Waals surface area contributed by atoms with Crippen molar-refractivity contribution in [2.24, 2.45) is 0 Å². The number of hydrogen-bond donors (Lipinski definition) is 1. The Morgan fingerprint density at radius 2 is 1.88 bits per heavy atom. The third-order valence-electron chi connectivity index (χ3n) is 4.85. The SMILES string of the molecule is O=C(NCc1ccnc(-c2cccnc2)c1)c1ccc2c(c1)CCCC2. The highest BCUT2D eigenvalue weighted by molar-refractivity contribution is 5.94. The molecule has 3 aromatic rings. The van der Waals surface area contributed by atoms with Gasteiger partial charge < -0.3 is 5.32 Å². The van der Waals surface area contributed by atoms with E-state index in [1.807, 2.05) is 30.3 Å². The molecule has 4 rings (SSSR count). The third-order valence-corrected chi connectivity index (χ3v) is 4.85. The minimum atomic E-state index is -0.0295. The predicted octanol–water partition coefficient (Wildman–Crippen LogP) is 3.95. The molecular formula is C22H21N3O. The Morgan fingerprint density at radius 3 is 2.73 bits per heavy atom. The second-order valence-electron chi connectivity index (χ2n) is 6.66. The quantitative estimate of drug-likeness (QED) is 0.780. The number of benzene rings is 1. The fourth-order valence-electron chi connectivity index (χ4n) is 3.42. The van der Waals surface area contributed by atoms with Gasteiger partial charge in [0.2, 0.25) is 0 Å². The van der Waals surface area contributed by atoms with Crippen molar-refractivity contribution in [3.63, 3.8) is 0 Å². The number of carbonyl (C=O) groups excluding carboxylic acids is 1. The number of nitrogens with one attached hydrogen (secondary N) is 1. The lowest BCUT2D eigenvalue weighted by Crippen LogP contribution is -2.23. The van der Waals surface area contributed by atoms with Gasteiger partial charge in [0, 0.05) is 36.3 Å². The van der Waals surface area contributed by atoms with Crippen LogP contribution in [-0.4, -0.2) is 15.9 Å². The molecule has 0 saturated heterocycles. The normalized spacial score (nSPS) is 13.1. The minimum absolute atomic E-state index is 0.0295. The molecule has 0 bridgehead atoms. The lowest BCUT2D eigenvalue weighted by Gasteiger charge is -2.16. The van der Waals surface area contributed by atoms with Crippen LogP contribution in [0.3, 0.4) is 0 Å². The van der Waals surface area contributed by atoms with Crippen LogP contribution in [0.5, 0.6) is 0 Å². The van der Waals surface area contributed by atoms with Crippen molar-refractivity contribution in [2.75, 3.05) is 0 Å². The molecule has 1 aromatic carbocycles. The van der Waals surface area contributed by atoms with E-state index in [1.54, 1.807) is 18.6 Å². The van der Waals surface area contributed by atoms with E-state index >= 15 is 0 Å². The summed E-state index contributed by atoms with van der Waals surface area (Å²) in [4.78, 5) is 21.0. The number of nitrogens with zero attached hydrogens (tertiary/aromatic N) is 2. The van der Waals surface area contributed by atoms with Crippen LogP contribution in [-0.2, 0) is 19.4 Å². The standard InChI is InChI=1S/C22H21N3O/c26-22(19-8-7-17-4-1-2-5-18(17)13-19)25-14-16-9-11-24-21(12-16)20-6-3-10-23-15-20/h3,6-13,15H,1-2,4-5,14H2,(H,25,26). The molecule has 0 atom stereocenters. The van der Waals surface area contributed by atoms with Crippen LogP contribution >= 0.6 is 0 Å². The Labute approximate surface area is 153 Å². The lowest BCUT2D eigenvalue weighted by atomic mass is 9.90. The Kier molecular flexibility index (Phi) is 4.73. The average molecular weight is 343 g/mol. The monoisotopic (exact) mass is 343 g/mol. The van der Waals surface area contributed by atoms with Gasteiger partial charge in [0.25, 0.3) is 5.91 Å². The van der Waals surface area contributed by atoms with Gasteiger partial charge in [-0.3, -0.25) is 14.8 Å². The molecule has 0 aliphatic heterocycles. The van der Waals surface area contributed by atoms with E-state index in [1.165, 1.54) is 24.0 Å². The minimum Gasteiger partial charge on any atom is -0.348 e. The summed E-state index contributed by atoms with van der Waals surface area (Å²) in [5.74, 6) is -0.0295. The number of fused-ring (bicyclic) bond motifs is 1. The van der Waals surface area contributed by atoms with Crippen LogP contribution < -0.4 is 5.32 Å². The van der Waals surface area contributed by atoms with Gasteiger partial charge in [0.05, 0.1) is 5.69 Å². The van der Waals surface area contributed by atoms with E-state index in [4.69, 9.17) is 0 Å². The molecule has 0 unspecified atom stereocenters. The highest BCUT2D eigenvalue weighted by Crippen LogP contribution is 2.22. The highest BCUT2D eigenvalue weighted by atomic mass is 16.1. The molecule has 4 nitrogen and oxygen atoms in total. The van der Waals surface area contributed by atoms with Crippen molar-refractivity contribution in [1.82, 2.24) is 15.3 Å². The van der Waals surface area contributed by atoms with Crippen molar-refractivity contribution in [1.29, 1.82) is 0 Å². The number of aryl methyl sites for hydroxylation is 2. The van der Waals surface area contributed by atoms with Crippen LogP contribution in [0.1, 0.15) is 39.9 Å². The first-order chi connectivity index (χ1) is 12.8. The van der Waals surface area contributed by atoms with E-state index in [9.17, 15) is 4.79 Å². The number of carbonyl (C=O) groups is 1. The number of pyridine rings is 2. The average Bonchev–Trinajstić information content (AvgIpc) is 2.72. The number of rotatable bonds is 4. The number of hydrogen-bond acceptors (Lipinski definition) is 3. The molecule has 0 saturated carbocycles. The lowest BCUT2D eigenvalue weighted by molar-refractivity contribution is 0.0950. The number of amides is 1. The van der Waals surface area contributed by atoms with Crippen molar-refractivity contribution < 1.29 is 4.79 Å². The second kappa shape index (κ2) is 7.48. The summed E-state index contributed by atoms with van der Waals surface area (Å²) in [6.45, 7) is 0.478. The van der Waals surface area contributed by atoms with E-state index < -0.39 is 0 Å². The van der Waals surface area contributed by atoms with Crippen molar-refractivity contribution in [3.8, 4) is 11.3 Å². The molecule has 2 aromatic heterocycles. The summed E-state index contributed by atoms with van der Waals surface area (Å²) in [6, 6.07) is 13.9. The second-order valence-corrected chi connectivity index (χ2v) is 6.66. The summed E-state index contributed by atoms with van der Waals surface area (Å²) in [7, 11) is 0. The van der Waals surface area contributed by atoms with Crippen molar-refractivity contribution in [2.45, 2.75) is 32.2 Å². The zero-order valence-electron chi connectivity index (χ0n) is 14.6. The smallest absolute Gasteiger partial charge is 0.251 e. The Bertz CT molecular complexity index is 922. The first-order valence-electron chi connectivity index (χ1n) is 9.05. The summed E-state index contributed by atoms with van der Waals surface area (Å²) < 4.78 is 0. The van der Waals surface area contributed by atoms with Gasteiger partial charge in [-0.2, -0.15) is 0 Å². The molecular weight excluding hydrogens is 322 g/mol. The largest absolute Gasteiger partial charge is 0.348 e. The highest BCUT2D eigenvalue weighted by Gasteiger charge is 2.13. The third kappa shape index (κ3) is 3.64. The van der Waals surface area contributed by atoms with Crippen molar-refractivity contribution in [3.05, 3.63) is 83.3 Å². The molecule has 0 spiro atoms. The molecule has 1 aliphatic rings. The summed E-state index contributed by atoms with van der Waals surface area (Å²) in [5.41, 5.74) is 6.31. The van der Waals surface area contributed by atoms with Crippen LogP contribution in [0, 0.1) is 0 Å². The Morgan fingerprint density at radius 1 is 1.00 bits per heavy atom. The summed E-state index contributed by atoms with van der Waals surface area (Å²) >= 11 is 0. The summed E-state index contributed by atoms with van der Waals surface area (Å²) in [5, 5.41) is 3.02. The van der Waals surface area contributed by atoms with Gasteiger partial charge in [-0.05, 0) is 78.8 Å². The van der Waals surface area contributed by atoms with Crippen LogP contribution in [0.15, 0.2) is 61.1 Å². The van der Waals surface area contributed by atoms with Gasteiger partial charge in [0.1, 0.15) is 0 Å². The molecule has 26 heavy (non-hydrogen) atoms. The Balaban J connectivity index is 1.45. The fourth-order valence-corrected chi connectivity index (χ4v) is 3.42. The molecule has 4 heteroatoms.